The fraction of sp³-hybridized carbons (Fsp3) is 0.462. The normalized spacial score (nSPS) is 14.2. The van der Waals surface area contributed by atoms with Gasteiger partial charge in [-0.1, -0.05) is 12.1 Å². The van der Waals surface area contributed by atoms with Crippen molar-refractivity contribution in [2.45, 2.75) is 32.4 Å². The lowest BCUT2D eigenvalue weighted by atomic mass is 10.0. The molecule has 0 aromatic heterocycles. The number of amides is 3. The van der Waals surface area contributed by atoms with Crippen molar-refractivity contribution in [2.24, 2.45) is 0 Å². The van der Waals surface area contributed by atoms with Crippen LogP contribution in [-0.4, -0.2) is 91.1 Å². The Kier molecular flexibility index (Phi) is 10.9. The van der Waals surface area contributed by atoms with Crippen molar-refractivity contribution in [2.75, 3.05) is 51.0 Å². The van der Waals surface area contributed by atoms with E-state index in [1.165, 1.54) is 50.4 Å². The molecule has 0 radical (unpaired) electrons. The molecule has 0 spiro atoms. The number of urea groups is 1. The third-order valence-electron chi connectivity index (χ3n) is 6.70. The number of nitrogens with zero attached hydrogens (tertiary/aromatic N) is 4. The van der Waals surface area contributed by atoms with Crippen molar-refractivity contribution >= 4 is 33.3 Å². The summed E-state index contributed by atoms with van der Waals surface area (Å²) >= 11 is 0. The van der Waals surface area contributed by atoms with Crippen LogP contribution in [0.5, 0.6) is 0 Å². The molecule has 2 aromatic carbocycles. The SMILES string of the molecule is CCS(=O)(=O)N(CCOC)CC(=O)N(Cc1cccc(F)c1)C1CCN(C(=O)Nc2ccc([N+](=O)[O-])cc2)CC1. The first-order valence-electron chi connectivity index (χ1n) is 12.8. The van der Waals surface area contributed by atoms with Crippen LogP contribution >= 0.6 is 0 Å². The first-order valence-corrected chi connectivity index (χ1v) is 14.5. The maximum atomic E-state index is 13.9. The number of nitro benzene ring substituents is 1. The number of hydrogen-bond donors (Lipinski definition) is 1. The predicted molar refractivity (Wildman–Crippen MR) is 147 cm³/mol. The lowest BCUT2D eigenvalue weighted by Gasteiger charge is -2.39. The average Bonchev–Trinajstić information content (AvgIpc) is 2.94. The molecule has 0 bridgehead atoms. The van der Waals surface area contributed by atoms with Gasteiger partial charge in [0.05, 0.1) is 23.8 Å². The van der Waals surface area contributed by atoms with E-state index < -0.39 is 26.7 Å². The van der Waals surface area contributed by atoms with Crippen molar-refractivity contribution in [3.8, 4) is 0 Å². The minimum absolute atomic E-state index is 0.0213. The molecule has 1 heterocycles. The molecule has 0 unspecified atom stereocenters. The monoisotopic (exact) mass is 579 g/mol. The minimum atomic E-state index is -3.68. The molecule has 40 heavy (non-hydrogen) atoms. The number of piperidine rings is 1. The summed E-state index contributed by atoms with van der Waals surface area (Å²) in [6, 6.07) is 10.7. The van der Waals surface area contributed by atoms with Crippen molar-refractivity contribution in [3.05, 3.63) is 70.0 Å². The average molecular weight is 580 g/mol. The number of carbonyl (C=O) groups excluding carboxylic acids is 2. The van der Waals surface area contributed by atoms with Crippen molar-refractivity contribution in [1.82, 2.24) is 14.1 Å². The molecule has 2 aromatic rings. The number of likely N-dealkylation sites (tertiary alicyclic amines) is 1. The van der Waals surface area contributed by atoms with Gasteiger partial charge in [0.15, 0.2) is 0 Å². The smallest absolute Gasteiger partial charge is 0.321 e. The molecular formula is C26H34FN5O7S. The Morgan fingerprint density at radius 3 is 2.42 bits per heavy atom. The number of ether oxygens (including phenoxy) is 1. The maximum Gasteiger partial charge on any atom is 0.321 e. The Morgan fingerprint density at radius 2 is 1.85 bits per heavy atom. The van der Waals surface area contributed by atoms with E-state index in [9.17, 15) is 32.5 Å². The van der Waals surface area contributed by atoms with Crippen LogP contribution in [0.4, 0.5) is 20.6 Å². The molecule has 1 saturated heterocycles. The number of benzene rings is 2. The van der Waals surface area contributed by atoms with Crippen LogP contribution in [0.25, 0.3) is 0 Å². The standard InChI is InChI=1S/C26H34FN5O7S/c1-3-40(37,38)30(15-16-39-2)19-25(33)31(18-20-5-4-6-21(27)17-20)23-11-13-29(14-12-23)26(34)28-22-7-9-24(10-8-22)32(35)36/h4-10,17,23H,3,11-16,18-19H2,1-2H3,(H,28,34). The number of nitrogens with one attached hydrogen (secondary N) is 1. The number of nitro groups is 1. The van der Waals surface area contributed by atoms with Gasteiger partial charge in [0, 0.05) is 57.2 Å². The summed E-state index contributed by atoms with van der Waals surface area (Å²) in [6.45, 7) is 1.98. The van der Waals surface area contributed by atoms with E-state index in [1.54, 1.807) is 21.9 Å². The lowest BCUT2D eigenvalue weighted by Crippen LogP contribution is -2.52. The number of methoxy groups -OCH3 is 1. The molecule has 3 rings (SSSR count). The van der Waals surface area contributed by atoms with Gasteiger partial charge in [-0.05, 0) is 49.6 Å². The maximum absolute atomic E-state index is 13.9. The number of sulfonamides is 1. The summed E-state index contributed by atoms with van der Waals surface area (Å²) < 4.78 is 45.3. The molecule has 3 amide bonds. The predicted octanol–water partition coefficient (Wildman–Crippen LogP) is 3.06. The molecule has 0 atom stereocenters. The van der Waals surface area contributed by atoms with Gasteiger partial charge in [0.25, 0.3) is 5.69 Å². The largest absolute Gasteiger partial charge is 0.383 e. The van der Waals surface area contributed by atoms with Gasteiger partial charge in [-0.2, -0.15) is 4.31 Å². The van der Waals surface area contributed by atoms with Crippen LogP contribution in [0.15, 0.2) is 48.5 Å². The minimum Gasteiger partial charge on any atom is -0.383 e. The number of carbonyl (C=O) groups is 2. The number of hydrogen-bond acceptors (Lipinski definition) is 7. The Hall–Kier alpha value is -3.62. The summed E-state index contributed by atoms with van der Waals surface area (Å²) in [5.41, 5.74) is 0.886. The number of anilines is 1. The van der Waals surface area contributed by atoms with Gasteiger partial charge in [-0.25, -0.2) is 17.6 Å². The van der Waals surface area contributed by atoms with Gasteiger partial charge in [-0.15, -0.1) is 0 Å². The first-order chi connectivity index (χ1) is 19.0. The Balaban J connectivity index is 1.71. The van der Waals surface area contributed by atoms with E-state index in [2.05, 4.69) is 5.32 Å². The molecule has 1 aliphatic heterocycles. The zero-order valence-corrected chi connectivity index (χ0v) is 23.3. The highest BCUT2D eigenvalue weighted by Gasteiger charge is 2.32. The molecule has 0 aliphatic carbocycles. The second-order valence-electron chi connectivity index (χ2n) is 9.33. The first kappa shape index (κ1) is 30.9. The molecular weight excluding hydrogens is 545 g/mol. The number of rotatable bonds is 12. The van der Waals surface area contributed by atoms with E-state index in [0.717, 1.165) is 4.31 Å². The Labute approximate surface area is 232 Å². The van der Waals surface area contributed by atoms with Crippen LogP contribution in [0, 0.1) is 15.9 Å². The highest BCUT2D eigenvalue weighted by atomic mass is 32.2. The van der Waals surface area contributed by atoms with Gasteiger partial charge in [-0.3, -0.25) is 14.9 Å². The molecule has 1 fully saturated rings. The van der Waals surface area contributed by atoms with E-state index in [1.807, 2.05) is 0 Å². The second-order valence-corrected chi connectivity index (χ2v) is 11.6. The molecule has 1 N–H and O–H groups in total. The lowest BCUT2D eigenvalue weighted by molar-refractivity contribution is -0.384. The fourth-order valence-corrected chi connectivity index (χ4v) is 5.46. The van der Waals surface area contributed by atoms with Gasteiger partial charge in [0.1, 0.15) is 5.82 Å². The summed E-state index contributed by atoms with van der Waals surface area (Å²) in [5.74, 6) is -1.04. The Morgan fingerprint density at radius 1 is 1.18 bits per heavy atom. The fourth-order valence-electron chi connectivity index (χ4n) is 4.44. The molecule has 0 saturated carbocycles. The molecule has 14 heteroatoms. The van der Waals surface area contributed by atoms with E-state index >= 15 is 0 Å². The van der Waals surface area contributed by atoms with E-state index in [4.69, 9.17) is 4.74 Å². The van der Waals surface area contributed by atoms with Crippen LogP contribution in [0.1, 0.15) is 25.3 Å². The van der Waals surface area contributed by atoms with Crippen LogP contribution < -0.4 is 5.32 Å². The highest BCUT2D eigenvalue weighted by molar-refractivity contribution is 7.89. The third-order valence-corrected chi connectivity index (χ3v) is 8.53. The third kappa shape index (κ3) is 8.44. The van der Waals surface area contributed by atoms with Crippen LogP contribution in [0.2, 0.25) is 0 Å². The zero-order valence-electron chi connectivity index (χ0n) is 22.5. The van der Waals surface area contributed by atoms with Crippen LogP contribution in [0.3, 0.4) is 0 Å². The summed E-state index contributed by atoms with van der Waals surface area (Å²) in [7, 11) is -2.24. The van der Waals surface area contributed by atoms with E-state index in [-0.39, 0.29) is 49.8 Å². The van der Waals surface area contributed by atoms with Crippen molar-refractivity contribution < 1.29 is 32.1 Å². The van der Waals surface area contributed by atoms with Gasteiger partial charge < -0.3 is 19.9 Å². The quantitative estimate of drug-likeness (QED) is 0.301. The van der Waals surface area contributed by atoms with Crippen molar-refractivity contribution in [3.63, 3.8) is 0 Å². The van der Waals surface area contributed by atoms with Gasteiger partial charge in [0.2, 0.25) is 15.9 Å². The summed E-state index contributed by atoms with van der Waals surface area (Å²) in [5, 5.41) is 13.6. The Bertz CT molecular complexity index is 1280. The number of non-ortho nitro benzene ring substituents is 1. The summed E-state index contributed by atoms with van der Waals surface area (Å²) in [4.78, 5) is 39.8. The summed E-state index contributed by atoms with van der Waals surface area (Å²) in [6.07, 6.45) is 0.848. The van der Waals surface area contributed by atoms with E-state index in [0.29, 0.717) is 37.2 Å². The molecule has 1 aliphatic rings. The van der Waals surface area contributed by atoms with Crippen molar-refractivity contribution in [1.29, 1.82) is 0 Å². The number of halogens is 1. The zero-order chi connectivity index (χ0) is 29.3. The molecule has 12 nitrogen and oxygen atoms in total. The molecule has 218 valence electrons. The second kappa shape index (κ2) is 14.1. The van der Waals surface area contributed by atoms with Crippen LogP contribution in [-0.2, 0) is 26.1 Å². The highest BCUT2D eigenvalue weighted by Crippen LogP contribution is 2.22. The topological polar surface area (TPSA) is 142 Å². The van der Waals surface area contributed by atoms with Gasteiger partial charge >= 0.3 is 6.03 Å².